The van der Waals surface area contributed by atoms with Crippen LogP contribution in [-0.2, 0) is 9.53 Å². The number of nitrogens with one attached hydrogen (secondary N) is 2. The van der Waals surface area contributed by atoms with E-state index in [0.29, 0.717) is 16.8 Å². The molecule has 3 heterocycles. The molecule has 0 aliphatic carbocycles. The van der Waals surface area contributed by atoms with Crippen LogP contribution in [-0.4, -0.2) is 55.2 Å². The summed E-state index contributed by atoms with van der Waals surface area (Å²) in [6.45, 7) is 7.64. The standard InChI is InChI=1S/C25H33ClN4O2/c1-2-30-10-4-6-20(17-30)25(31)29-24-14-22(23(26)16-28-24)19-5-3-7-21(13-19)27-15-18-8-11-32-12-9-18/h3,5,7,13-14,16,18,20,27H,2,4,6,8-12,15,17H2,1H3,(H,28,29,31)/t20-/m0/s1. The van der Waals surface area contributed by atoms with Gasteiger partial charge in [-0.15, -0.1) is 0 Å². The summed E-state index contributed by atoms with van der Waals surface area (Å²) in [5.74, 6) is 1.23. The predicted octanol–water partition coefficient (Wildman–Crippen LogP) is 4.91. The first-order valence-electron chi connectivity index (χ1n) is 11.7. The molecule has 2 saturated heterocycles. The van der Waals surface area contributed by atoms with E-state index < -0.39 is 0 Å². The van der Waals surface area contributed by atoms with Crippen LogP contribution in [0, 0.1) is 11.8 Å². The highest BCUT2D eigenvalue weighted by Crippen LogP contribution is 2.31. The Labute approximate surface area is 195 Å². The Balaban J connectivity index is 1.43. The summed E-state index contributed by atoms with van der Waals surface area (Å²) < 4.78 is 5.45. The average Bonchev–Trinajstić information content (AvgIpc) is 2.84. The predicted molar refractivity (Wildman–Crippen MR) is 130 cm³/mol. The number of carbonyl (C=O) groups excluding carboxylic acids is 1. The van der Waals surface area contributed by atoms with Crippen molar-refractivity contribution in [3.63, 3.8) is 0 Å². The third kappa shape index (κ3) is 6.00. The minimum absolute atomic E-state index is 0.00217. The number of hydrogen-bond donors (Lipinski definition) is 2. The number of hydrogen-bond acceptors (Lipinski definition) is 5. The second-order valence-electron chi connectivity index (χ2n) is 8.79. The summed E-state index contributed by atoms with van der Waals surface area (Å²) in [5, 5.41) is 7.14. The molecule has 2 aliphatic rings. The topological polar surface area (TPSA) is 66.5 Å². The fraction of sp³-hybridized carbons (Fsp3) is 0.520. The van der Waals surface area contributed by atoms with Gasteiger partial charge in [0.25, 0.3) is 0 Å². The lowest BCUT2D eigenvalue weighted by Gasteiger charge is -2.30. The highest BCUT2D eigenvalue weighted by Gasteiger charge is 2.25. The SMILES string of the molecule is CCN1CCC[C@H](C(=O)Nc2cc(-c3cccc(NCC4CCOCC4)c3)c(Cl)cn2)C1. The largest absolute Gasteiger partial charge is 0.385 e. The fourth-order valence-electron chi connectivity index (χ4n) is 4.52. The van der Waals surface area contributed by atoms with Gasteiger partial charge in [0.15, 0.2) is 0 Å². The van der Waals surface area contributed by atoms with Crippen molar-refractivity contribution in [1.82, 2.24) is 9.88 Å². The van der Waals surface area contributed by atoms with Crippen LogP contribution in [0.15, 0.2) is 36.5 Å². The quantitative estimate of drug-likeness (QED) is 0.619. The van der Waals surface area contributed by atoms with Crippen LogP contribution >= 0.6 is 11.6 Å². The molecule has 0 unspecified atom stereocenters. The minimum Gasteiger partial charge on any atom is -0.385 e. The van der Waals surface area contributed by atoms with Crippen LogP contribution in [0.1, 0.15) is 32.6 Å². The van der Waals surface area contributed by atoms with Crippen LogP contribution < -0.4 is 10.6 Å². The van der Waals surface area contributed by atoms with Crippen molar-refractivity contribution in [2.45, 2.75) is 32.6 Å². The number of carbonyl (C=O) groups is 1. The fourth-order valence-corrected chi connectivity index (χ4v) is 4.74. The lowest BCUT2D eigenvalue weighted by molar-refractivity contribution is -0.121. The van der Waals surface area contributed by atoms with Gasteiger partial charge >= 0.3 is 0 Å². The Morgan fingerprint density at radius 3 is 2.91 bits per heavy atom. The van der Waals surface area contributed by atoms with Gasteiger partial charge in [0.1, 0.15) is 5.82 Å². The molecule has 0 spiro atoms. The lowest BCUT2D eigenvalue weighted by atomic mass is 9.97. The molecule has 2 aliphatic heterocycles. The van der Waals surface area contributed by atoms with Crippen molar-refractivity contribution in [3.8, 4) is 11.1 Å². The molecular weight excluding hydrogens is 424 g/mol. The highest BCUT2D eigenvalue weighted by atomic mass is 35.5. The Morgan fingerprint density at radius 2 is 2.09 bits per heavy atom. The second-order valence-corrected chi connectivity index (χ2v) is 9.20. The van der Waals surface area contributed by atoms with Crippen LogP contribution in [0.5, 0.6) is 0 Å². The maximum Gasteiger partial charge on any atom is 0.229 e. The molecular formula is C25H33ClN4O2. The summed E-state index contributed by atoms with van der Waals surface area (Å²) in [7, 11) is 0. The number of aromatic nitrogens is 1. The zero-order chi connectivity index (χ0) is 22.3. The Kier molecular flexibility index (Phi) is 8.00. The molecule has 172 valence electrons. The molecule has 0 radical (unpaired) electrons. The van der Waals surface area contributed by atoms with E-state index in [1.54, 1.807) is 6.20 Å². The van der Waals surface area contributed by atoms with E-state index in [4.69, 9.17) is 16.3 Å². The number of benzene rings is 1. The van der Waals surface area contributed by atoms with Crippen LogP contribution in [0.3, 0.4) is 0 Å². The van der Waals surface area contributed by atoms with Crippen LogP contribution in [0.25, 0.3) is 11.1 Å². The van der Waals surface area contributed by atoms with Crippen LogP contribution in [0.4, 0.5) is 11.5 Å². The molecule has 0 bridgehead atoms. The summed E-state index contributed by atoms with van der Waals surface area (Å²) >= 11 is 6.49. The van der Waals surface area contributed by atoms with Crippen molar-refractivity contribution in [3.05, 3.63) is 41.6 Å². The zero-order valence-electron chi connectivity index (χ0n) is 18.8. The van der Waals surface area contributed by atoms with Gasteiger partial charge in [0.2, 0.25) is 5.91 Å². The molecule has 1 atom stereocenters. The first kappa shape index (κ1) is 23.0. The summed E-state index contributed by atoms with van der Waals surface area (Å²) in [6, 6.07) is 10.1. The van der Waals surface area contributed by atoms with Crippen molar-refractivity contribution in [1.29, 1.82) is 0 Å². The van der Waals surface area contributed by atoms with E-state index in [1.165, 1.54) is 0 Å². The number of halogens is 1. The third-order valence-electron chi connectivity index (χ3n) is 6.54. The normalized spacial score (nSPS) is 20.1. The van der Waals surface area contributed by atoms with Gasteiger partial charge in [0.05, 0.1) is 10.9 Å². The lowest BCUT2D eigenvalue weighted by Crippen LogP contribution is -2.40. The molecule has 6 nitrogen and oxygen atoms in total. The summed E-state index contributed by atoms with van der Waals surface area (Å²) in [5.41, 5.74) is 2.93. The van der Waals surface area contributed by atoms with Gasteiger partial charge in [-0.25, -0.2) is 4.98 Å². The number of likely N-dealkylation sites (tertiary alicyclic amines) is 1. The number of rotatable bonds is 7. The van der Waals surface area contributed by atoms with E-state index in [1.807, 2.05) is 18.2 Å². The Bertz CT molecular complexity index is 917. The van der Waals surface area contributed by atoms with Gasteiger partial charge in [-0.3, -0.25) is 4.79 Å². The molecule has 2 aromatic rings. The number of pyridine rings is 1. The second kappa shape index (κ2) is 11.1. The van der Waals surface area contributed by atoms with E-state index in [9.17, 15) is 4.79 Å². The van der Waals surface area contributed by atoms with Crippen molar-refractivity contribution in [2.24, 2.45) is 11.8 Å². The van der Waals surface area contributed by atoms with Crippen LogP contribution in [0.2, 0.25) is 5.02 Å². The average molecular weight is 457 g/mol. The molecule has 1 amide bonds. The molecule has 32 heavy (non-hydrogen) atoms. The van der Waals surface area contributed by atoms with Gasteiger partial charge in [-0.2, -0.15) is 0 Å². The monoisotopic (exact) mass is 456 g/mol. The van der Waals surface area contributed by atoms with Crippen molar-refractivity contribution in [2.75, 3.05) is 50.0 Å². The van der Waals surface area contributed by atoms with E-state index in [0.717, 1.165) is 81.9 Å². The van der Waals surface area contributed by atoms with Gasteiger partial charge in [0, 0.05) is 43.8 Å². The van der Waals surface area contributed by atoms with E-state index in [2.05, 4.69) is 39.6 Å². The third-order valence-corrected chi connectivity index (χ3v) is 6.84. The molecule has 1 aromatic carbocycles. The number of ether oxygens (including phenoxy) is 1. The zero-order valence-corrected chi connectivity index (χ0v) is 19.5. The molecule has 2 N–H and O–H groups in total. The number of piperidine rings is 1. The minimum atomic E-state index is 0.00217. The molecule has 0 saturated carbocycles. The first-order valence-corrected chi connectivity index (χ1v) is 12.1. The molecule has 1 aromatic heterocycles. The number of amides is 1. The highest BCUT2D eigenvalue weighted by molar-refractivity contribution is 6.33. The maximum atomic E-state index is 12.8. The molecule has 7 heteroatoms. The number of nitrogens with zero attached hydrogens (tertiary/aromatic N) is 2. The molecule has 4 rings (SSSR count). The number of anilines is 2. The first-order chi connectivity index (χ1) is 15.6. The Morgan fingerprint density at radius 1 is 1.25 bits per heavy atom. The van der Waals surface area contributed by atoms with Crippen molar-refractivity contribution < 1.29 is 9.53 Å². The summed E-state index contributed by atoms with van der Waals surface area (Å²) in [4.78, 5) is 19.5. The van der Waals surface area contributed by atoms with Crippen molar-refractivity contribution >= 4 is 29.0 Å². The van der Waals surface area contributed by atoms with Gasteiger partial charge < -0.3 is 20.3 Å². The summed E-state index contributed by atoms with van der Waals surface area (Å²) in [6.07, 6.45) is 5.79. The van der Waals surface area contributed by atoms with Gasteiger partial charge in [-0.05, 0) is 68.5 Å². The Hall–Kier alpha value is -2.15. The maximum absolute atomic E-state index is 12.8. The molecule has 2 fully saturated rings. The van der Waals surface area contributed by atoms with E-state index in [-0.39, 0.29) is 11.8 Å². The van der Waals surface area contributed by atoms with E-state index >= 15 is 0 Å². The smallest absolute Gasteiger partial charge is 0.229 e. The van der Waals surface area contributed by atoms with Gasteiger partial charge in [-0.1, -0.05) is 30.7 Å².